The maximum absolute atomic E-state index is 12.9. The van der Waals surface area contributed by atoms with E-state index >= 15 is 0 Å². The van der Waals surface area contributed by atoms with Crippen LogP contribution in [0.2, 0.25) is 0 Å². The van der Waals surface area contributed by atoms with Gasteiger partial charge in [0.05, 0.1) is 19.3 Å². The highest BCUT2D eigenvalue weighted by atomic mass is 16.5. The Morgan fingerprint density at radius 1 is 0.914 bits per heavy atom. The van der Waals surface area contributed by atoms with Crippen LogP contribution in [0, 0.1) is 5.92 Å². The normalized spacial score (nSPS) is 14.3. The Bertz CT molecular complexity index is 1230. The van der Waals surface area contributed by atoms with Crippen molar-refractivity contribution in [1.82, 2.24) is 4.90 Å². The van der Waals surface area contributed by atoms with Gasteiger partial charge in [-0.3, -0.25) is 19.3 Å². The molecule has 182 valence electrons. The number of rotatable bonds is 7. The monoisotopic (exact) mass is 474 g/mol. The van der Waals surface area contributed by atoms with Gasteiger partial charge in [0, 0.05) is 29.6 Å². The summed E-state index contributed by atoms with van der Waals surface area (Å²) in [5, 5.41) is 10.8. The number of piperidine rings is 1. The van der Waals surface area contributed by atoms with Crippen LogP contribution in [0.25, 0.3) is 10.8 Å². The van der Waals surface area contributed by atoms with Crippen molar-refractivity contribution in [3.05, 3.63) is 60.7 Å². The minimum Gasteiger partial charge on any atom is -0.495 e. The van der Waals surface area contributed by atoms with E-state index < -0.39 is 0 Å². The fourth-order valence-corrected chi connectivity index (χ4v) is 4.40. The standard InChI is InChI=1S/C27H30N4O4/c1-18(32)28-21-10-11-25(35-2)24(16-21)30-27(34)20-12-14-31(15-13-20)17-26(33)29-23-9-5-7-19-6-3-4-8-22(19)23/h3-11,16,20H,12-15,17H2,1-2H3,(H,28,32)(H,29,33)(H,30,34). The Labute approximate surface area is 204 Å². The van der Waals surface area contributed by atoms with E-state index in [1.54, 1.807) is 18.2 Å². The number of amides is 3. The molecular weight excluding hydrogens is 444 g/mol. The molecule has 1 aliphatic heterocycles. The van der Waals surface area contributed by atoms with Crippen molar-refractivity contribution in [2.45, 2.75) is 19.8 Å². The van der Waals surface area contributed by atoms with Gasteiger partial charge in [0.15, 0.2) is 0 Å². The average molecular weight is 475 g/mol. The van der Waals surface area contributed by atoms with E-state index in [9.17, 15) is 14.4 Å². The van der Waals surface area contributed by atoms with Gasteiger partial charge in [-0.25, -0.2) is 0 Å². The van der Waals surface area contributed by atoms with Crippen molar-refractivity contribution in [3.8, 4) is 5.75 Å². The quantitative estimate of drug-likeness (QED) is 0.479. The van der Waals surface area contributed by atoms with Crippen LogP contribution in [0.3, 0.4) is 0 Å². The first-order valence-corrected chi connectivity index (χ1v) is 11.7. The predicted octanol–water partition coefficient (Wildman–Crippen LogP) is 4.10. The molecule has 35 heavy (non-hydrogen) atoms. The summed E-state index contributed by atoms with van der Waals surface area (Å²) in [5.74, 6) is 0.00714. The van der Waals surface area contributed by atoms with Gasteiger partial charge in [-0.2, -0.15) is 0 Å². The van der Waals surface area contributed by atoms with Crippen LogP contribution in [0.1, 0.15) is 19.8 Å². The molecule has 8 heteroatoms. The number of benzene rings is 3. The van der Waals surface area contributed by atoms with Crippen LogP contribution >= 0.6 is 0 Å². The van der Waals surface area contributed by atoms with Crippen LogP contribution in [0.5, 0.6) is 5.75 Å². The van der Waals surface area contributed by atoms with Crippen LogP contribution < -0.4 is 20.7 Å². The molecule has 0 radical (unpaired) electrons. The summed E-state index contributed by atoms with van der Waals surface area (Å²) in [5.41, 5.74) is 1.90. The molecule has 4 rings (SSSR count). The van der Waals surface area contributed by atoms with Gasteiger partial charge in [-0.1, -0.05) is 36.4 Å². The van der Waals surface area contributed by atoms with E-state index in [1.807, 2.05) is 42.5 Å². The number of carbonyl (C=O) groups is 3. The smallest absolute Gasteiger partial charge is 0.238 e. The third kappa shape index (κ3) is 6.16. The van der Waals surface area contributed by atoms with E-state index in [0.717, 1.165) is 16.5 Å². The SMILES string of the molecule is COc1ccc(NC(C)=O)cc1NC(=O)C1CCN(CC(=O)Nc2cccc3ccccc23)CC1. The van der Waals surface area contributed by atoms with Crippen LogP contribution in [-0.4, -0.2) is 49.4 Å². The van der Waals surface area contributed by atoms with Crippen molar-refractivity contribution in [2.75, 3.05) is 42.7 Å². The molecule has 0 aromatic heterocycles. The minimum atomic E-state index is -0.190. The summed E-state index contributed by atoms with van der Waals surface area (Å²) < 4.78 is 5.35. The maximum Gasteiger partial charge on any atom is 0.238 e. The molecule has 0 spiro atoms. The fraction of sp³-hybridized carbons (Fsp3) is 0.296. The Morgan fingerprint density at radius 3 is 2.40 bits per heavy atom. The second-order valence-electron chi connectivity index (χ2n) is 8.71. The topological polar surface area (TPSA) is 99.8 Å². The number of nitrogens with zero attached hydrogens (tertiary/aromatic N) is 1. The summed E-state index contributed by atoms with van der Waals surface area (Å²) in [6.45, 7) is 3.02. The van der Waals surface area contributed by atoms with Gasteiger partial charge in [0.25, 0.3) is 0 Å². The second-order valence-corrected chi connectivity index (χ2v) is 8.71. The summed E-state index contributed by atoms with van der Waals surface area (Å²) in [6, 6.07) is 18.9. The van der Waals surface area contributed by atoms with Crippen molar-refractivity contribution >= 4 is 45.6 Å². The minimum absolute atomic E-state index is 0.0659. The Kier molecular flexibility index (Phi) is 7.62. The van der Waals surface area contributed by atoms with Crippen molar-refractivity contribution in [1.29, 1.82) is 0 Å². The van der Waals surface area contributed by atoms with E-state index in [2.05, 4.69) is 20.9 Å². The number of hydrogen-bond acceptors (Lipinski definition) is 5. The van der Waals surface area contributed by atoms with Crippen LogP contribution in [0.15, 0.2) is 60.7 Å². The molecule has 3 aromatic carbocycles. The Morgan fingerprint density at radius 2 is 1.66 bits per heavy atom. The Hall–Kier alpha value is -3.91. The van der Waals surface area contributed by atoms with Crippen LogP contribution in [-0.2, 0) is 14.4 Å². The second kappa shape index (κ2) is 11.0. The largest absolute Gasteiger partial charge is 0.495 e. The van der Waals surface area contributed by atoms with E-state index in [4.69, 9.17) is 4.74 Å². The number of anilines is 3. The average Bonchev–Trinajstić information content (AvgIpc) is 2.84. The number of fused-ring (bicyclic) bond motifs is 1. The molecule has 1 saturated heterocycles. The lowest BCUT2D eigenvalue weighted by molar-refractivity contribution is -0.121. The van der Waals surface area contributed by atoms with Gasteiger partial charge >= 0.3 is 0 Å². The summed E-state index contributed by atoms with van der Waals surface area (Å²) in [7, 11) is 1.53. The number of nitrogens with one attached hydrogen (secondary N) is 3. The number of ether oxygens (including phenoxy) is 1. The molecule has 0 saturated carbocycles. The molecular formula is C27H30N4O4. The highest BCUT2D eigenvalue weighted by Crippen LogP contribution is 2.29. The zero-order valence-electron chi connectivity index (χ0n) is 20.0. The molecule has 1 aliphatic rings. The third-order valence-electron chi connectivity index (χ3n) is 6.17. The van der Waals surface area contributed by atoms with Gasteiger partial charge in [0.1, 0.15) is 5.75 Å². The molecule has 1 heterocycles. The predicted molar refractivity (Wildman–Crippen MR) is 138 cm³/mol. The van der Waals surface area contributed by atoms with Gasteiger partial charge in [-0.05, 0) is 55.6 Å². The molecule has 0 aliphatic carbocycles. The van der Waals surface area contributed by atoms with E-state index in [0.29, 0.717) is 43.1 Å². The summed E-state index contributed by atoms with van der Waals surface area (Å²) in [6.07, 6.45) is 1.31. The summed E-state index contributed by atoms with van der Waals surface area (Å²) in [4.78, 5) is 39.0. The molecule has 3 amide bonds. The maximum atomic E-state index is 12.9. The first-order valence-electron chi connectivity index (χ1n) is 11.7. The third-order valence-corrected chi connectivity index (χ3v) is 6.17. The molecule has 1 fully saturated rings. The van der Waals surface area contributed by atoms with Gasteiger partial charge < -0.3 is 20.7 Å². The molecule has 8 nitrogen and oxygen atoms in total. The first kappa shape index (κ1) is 24.2. The molecule has 0 unspecified atom stereocenters. The number of hydrogen-bond donors (Lipinski definition) is 3. The van der Waals surface area contributed by atoms with E-state index in [-0.39, 0.29) is 30.2 Å². The lowest BCUT2D eigenvalue weighted by atomic mass is 9.95. The lowest BCUT2D eigenvalue weighted by Gasteiger charge is -2.30. The number of methoxy groups -OCH3 is 1. The molecule has 0 bridgehead atoms. The van der Waals surface area contributed by atoms with Crippen LogP contribution in [0.4, 0.5) is 17.1 Å². The lowest BCUT2D eigenvalue weighted by Crippen LogP contribution is -2.41. The van der Waals surface area contributed by atoms with Crippen molar-refractivity contribution in [2.24, 2.45) is 5.92 Å². The Balaban J connectivity index is 1.30. The van der Waals surface area contributed by atoms with Gasteiger partial charge in [0.2, 0.25) is 17.7 Å². The fourth-order valence-electron chi connectivity index (χ4n) is 4.40. The molecule has 3 aromatic rings. The first-order chi connectivity index (χ1) is 16.9. The number of carbonyl (C=O) groups excluding carboxylic acids is 3. The highest BCUT2D eigenvalue weighted by molar-refractivity contribution is 6.02. The van der Waals surface area contributed by atoms with Crippen molar-refractivity contribution in [3.63, 3.8) is 0 Å². The van der Waals surface area contributed by atoms with Gasteiger partial charge in [-0.15, -0.1) is 0 Å². The zero-order valence-corrected chi connectivity index (χ0v) is 20.0. The van der Waals surface area contributed by atoms with Crippen molar-refractivity contribution < 1.29 is 19.1 Å². The van der Waals surface area contributed by atoms with E-state index in [1.165, 1.54) is 14.0 Å². The summed E-state index contributed by atoms with van der Waals surface area (Å²) >= 11 is 0. The highest BCUT2D eigenvalue weighted by Gasteiger charge is 2.26. The molecule has 0 atom stereocenters. The molecule has 3 N–H and O–H groups in total. The number of likely N-dealkylation sites (tertiary alicyclic amines) is 1. The zero-order chi connectivity index (χ0) is 24.8.